The number of carbonyl (C=O) groups is 1. The van der Waals surface area contributed by atoms with Gasteiger partial charge in [-0.1, -0.05) is 19.3 Å². The molecular formula is C14H18F2N2O. The molecule has 1 amide bonds. The maximum absolute atomic E-state index is 13.5. The molecule has 0 saturated heterocycles. The first-order valence-electron chi connectivity index (χ1n) is 6.65. The monoisotopic (exact) mass is 268 g/mol. The molecule has 0 spiro atoms. The number of hydrogen-bond donors (Lipinski definition) is 0. The summed E-state index contributed by atoms with van der Waals surface area (Å²) in [6, 6.07) is 1.22. The Balaban J connectivity index is 2.03. The summed E-state index contributed by atoms with van der Waals surface area (Å²) in [5.74, 6) is -2.40. The molecule has 1 aliphatic rings. The lowest BCUT2D eigenvalue weighted by Gasteiger charge is -2.27. The lowest BCUT2D eigenvalue weighted by atomic mass is 9.89. The third-order valence-corrected chi connectivity index (χ3v) is 3.68. The Morgan fingerprint density at radius 1 is 1.37 bits per heavy atom. The molecule has 1 fully saturated rings. The van der Waals surface area contributed by atoms with Crippen LogP contribution < -0.4 is 0 Å². The minimum atomic E-state index is -1.23. The van der Waals surface area contributed by atoms with Gasteiger partial charge in [0.2, 0.25) is 5.95 Å². The van der Waals surface area contributed by atoms with Crippen molar-refractivity contribution in [1.29, 1.82) is 0 Å². The maximum Gasteiger partial charge on any atom is 0.256 e. The summed E-state index contributed by atoms with van der Waals surface area (Å²) in [7, 11) is 1.63. The van der Waals surface area contributed by atoms with Gasteiger partial charge in [0.05, 0.1) is 5.56 Å². The smallest absolute Gasteiger partial charge is 0.256 e. The van der Waals surface area contributed by atoms with Crippen LogP contribution in [0.1, 0.15) is 42.5 Å². The van der Waals surface area contributed by atoms with E-state index in [-0.39, 0.29) is 5.56 Å². The number of rotatable bonds is 3. The lowest BCUT2D eigenvalue weighted by Crippen LogP contribution is -2.33. The van der Waals surface area contributed by atoms with Gasteiger partial charge in [-0.3, -0.25) is 4.79 Å². The van der Waals surface area contributed by atoms with E-state index in [0.717, 1.165) is 19.0 Å². The van der Waals surface area contributed by atoms with Gasteiger partial charge in [0.15, 0.2) is 5.82 Å². The number of amides is 1. The fourth-order valence-corrected chi connectivity index (χ4v) is 2.63. The van der Waals surface area contributed by atoms with E-state index in [1.54, 1.807) is 7.05 Å². The van der Waals surface area contributed by atoms with E-state index >= 15 is 0 Å². The van der Waals surface area contributed by atoms with Gasteiger partial charge in [0, 0.05) is 19.8 Å². The van der Waals surface area contributed by atoms with Crippen molar-refractivity contribution in [2.24, 2.45) is 5.92 Å². The average Bonchev–Trinajstić information content (AvgIpc) is 2.42. The van der Waals surface area contributed by atoms with Crippen molar-refractivity contribution >= 4 is 5.91 Å². The minimum absolute atomic E-state index is 0.245. The van der Waals surface area contributed by atoms with Gasteiger partial charge < -0.3 is 4.90 Å². The topological polar surface area (TPSA) is 33.2 Å². The fourth-order valence-electron chi connectivity index (χ4n) is 2.63. The van der Waals surface area contributed by atoms with Crippen LogP contribution in [0.4, 0.5) is 8.78 Å². The predicted octanol–water partition coefficient (Wildman–Crippen LogP) is 3.01. The number of carbonyl (C=O) groups excluding carboxylic acids is 1. The van der Waals surface area contributed by atoms with E-state index in [1.165, 1.54) is 30.2 Å². The van der Waals surface area contributed by atoms with Crippen LogP contribution in [-0.2, 0) is 0 Å². The molecule has 0 atom stereocenters. The Morgan fingerprint density at radius 3 is 2.74 bits per heavy atom. The van der Waals surface area contributed by atoms with E-state index in [0.29, 0.717) is 12.5 Å². The molecule has 1 saturated carbocycles. The summed E-state index contributed by atoms with van der Waals surface area (Å²) in [5.41, 5.74) is -0.245. The molecule has 5 heteroatoms. The summed E-state index contributed by atoms with van der Waals surface area (Å²) in [6.07, 6.45) is 6.93. The van der Waals surface area contributed by atoms with E-state index in [4.69, 9.17) is 0 Å². The largest absolute Gasteiger partial charge is 0.341 e. The molecule has 1 heterocycles. The SMILES string of the molecule is CN(CC1CCCCC1)C(=O)c1ccnc(F)c1F. The normalized spacial score (nSPS) is 16.4. The Labute approximate surface area is 111 Å². The van der Waals surface area contributed by atoms with Crippen LogP contribution in [0.15, 0.2) is 12.3 Å². The van der Waals surface area contributed by atoms with Crippen LogP contribution in [0.25, 0.3) is 0 Å². The van der Waals surface area contributed by atoms with Gasteiger partial charge in [-0.05, 0) is 24.8 Å². The van der Waals surface area contributed by atoms with Gasteiger partial charge in [0.25, 0.3) is 5.91 Å². The molecule has 0 aliphatic heterocycles. The second kappa shape index (κ2) is 6.08. The second-order valence-electron chi connectivity index (χ2n) is 5.15. The highest BCUT2D eigenvalue weighted by Gasteiger charge is 2.22. The van der Waals surface area contributed by atoms with E-state index in [1.807, 2.05) is 0 Å². The summed E-state index contributed by atoms with van der Waals surface area (Å²) in [4.78, 5) is 16.7. The fraction of sp³-hybridized carbons (Fsp3) is 0.571. The molecular weight excluding hydrogens is 250 g/mol. The maximum atomic E-state index is 13.5. The standard InChI is InChI=1S/C14H18F2N2O/c1-18(9-10-5-3-2-4-6-10)14(19)11-7-8-17-13(16)12(11)15/h7-8,10H,2-6,9H2,1H3. The van der Waals surface area contributed by atoms with Crippen molar-refractivity contribution in [2.75, 3.05) is 13.6 Å². The summed E-state index contributed by atoms with van der Waals surface area (Å²) >= 11 is 0. The van der Waals surface area contributed by atoms with Crippen LogP contribution in [0.5, 0.6) is 0 Å². The van der Waals surface area contributed by atoms with Gasteiger partial charge >= 0.3 is 0 Å². The van der Waals surface area contributed by atoms with Crippen LogP contribution in [0.2, 0.25) is 0 Å². The molecule has 1 aromatic rings. The van der Waals surface area contributed by atoms with Crippen LogP contribution in [0.3, 0.4) is 0 Å². The molecule has 2 rings (SSSR count). The second-order valence-corrected chi connectivity index (χ2v) is 5.15. The van der Waals surface area contributed by atoms with Gasteiger partial charge in [-0.25, -0.2) is 9.37 Å². The first-order chi connectivity index (χ1) is 9.09. The number of nitrogens with zero attached hydrogens (tertiary/aromatic N) is 2. The van der Waals surface area contributed by atoms with Crippen molar-refractivity contribution in [2.45, 2.75) is 32.1 Å². The number of aromatic nitrogens is 1. The van der Waals surface area contributed by atoms with Gasteiger partial charge in [-0.15, -0.1) is 0 Å². The Morgan fingerprint density at radius 2 is 2.05 bits per heavy atom. The molecule has 0 radical (unpaired) electrons. The van der Waals surface area contributed by atoms with Crippen molar-refractivity contribution in [3.8, 4) is 0 Å². The quantitative estimate of drug-likeness (QED) is 0.789. The third kappa shape index (κ3) is 3.28. The van der Waals surface area contributed by atoms with Crippen molar-refractivity contribution in [3.63, 3.8) is 0 Å². The lowest BCUT2D eigenvalue weighted by molar-refractivity contribution is 0.0754. The zero-order valence-corrected chi connectivity index (χ0v) is 11.0. The molecule has 0 N–H and O–H groups in total. The Bertz CT molecular complexity index is 459. The molecule has 0 aromatic carbocycles. The van der Waals surface area contributed by atoms with Crippen molar-refractivity contribution in [3.05, 3.63) is 29.6 Å². The minimum Gasteiger partial charge on any atom is -0.341 e. The van der Waals surface area contributed by atoms with Crippen molar-refractivity contribution < 1.29 is 13.6 Å². The molecule has 1 aromatic heterocycles. The van der Waals surface area contributed by atoms with E-state index < -0.39 is 17.7 Å². The van der Waals surface area contributed by atoms with Gasteiger partial charge in [-0.2, -0.15) is 4.39 Å². The highest BCUT2D eigenvalue weighted by atomic mass is 19.2. The zero-order valence-electron chi connectivity index (χ0n) is 11.0. The number of hydrogen-bond acceptors (Lipinski definition) is 2. The van der Waals surface area contributed by atoms with Crippen LogP contribution in [-0.4, -0.2) is 29.4 Å². The molecule has 104 valence electrons. The van der Waals surface area contributed by atoms with E-state index in [2.05, 4.69) is 4.98 Å². The van der Waals surface area contributed by atoms with E-state index in [9.17, 15) is 13.6 Å². The first kappa shape index (κ1) is 13.9. The number of halogens is 2. The molecule has 19 heavy (non-hydrogen) atoms. The summed E-state index contributed by atoms with van der Waals surface area (Å²) < 4.78 is 26.5. The zero-order chi connectivity index (χ0) is 13.8. The van der Waals surface area contributed by atoms with Crippen molar-refractivity contribution in [1.82, 2.24) is 9.88 Å². The number of pyridine rings is 1. The molecule has 1 aliphatic carbocycles. The predicted molar refractivity (Wildman–Crippen MR) is 67.7 cm³/mol. The summed E-state index contributed by atoms with van der Waals surface area (Å²) in [5, 5.41) is 0. The van der Waals surface area contributed by atoms with Crippen LogP contribution >= 0.6 is 0 Å². The molecule has 0 bridgehead atoms. The average molecular weight is 268 g/mol. The molecule has 0 unspecified atom stereocenters. The third-order valence-electron chi connectivity index (χ3n) is 3.68. The Kier molecular flexibility index (Phi) is 4.45. The highest BCUT2D eigenvalue weighted by molar-refractivity contribution is 5.94. The Hall–Kier alpha value is -1.52. The summed E-state index contributed by atoms with van der Waals surface area (Å²) in [6.45, 7) is 0.599. The molecule has 3 nitrogen and oxygen atoms in total. The first-order valence-corrected chi connectivity index (χ1v) is 6.65. The van der Waals surface area contributed by atoms with Crippen LogP contribution in [0, 0.1) is 17.7 Å². The van der Waals surface area contributed by atoms with Gasteiger partial charge in [0.1, 0.15) is 0 Å². The highest BCUT2D eigenvalue weighted by Crippen LogP contribution is 2.24.